The molecule has 1 aliphatic rings. The van der Waals surface area contributed by atoms with Crippen molar-refractivity contribution >= 4 is 44.9 Å². The number of fused-ring (bicyclic) bond motifs is 7. The molecule has 1 unspecified atom stereocenters. The summed E-state index contributed by atoms with van der Waals surface area (Å²) in [5, 5.41) is 4.89. The maximum absolute atomic E-state index is 15.4. The van der Waals surface area contributed by atoms with Crippen molar-refractivity contribution < 1.29 is 4.57 Å². The number of benzene rings is 6. The van der Waals surface area contributed by atoms with Gasteiger partial charge in [0.25, 0.3) is 0 Å². The second-order valence-corrected chi connectivity index (χ2v) is 14.2. The Morgan fingerprint density at radius 3 is 1.93 bits per heavy atom. The minimum Gasteiger partial charge on any atom is -0.309 e. The van der Waals surface area contributed by atoms with Crippen molar-refractivity contribution in [2.45, 2.75) is 0 Å². The van der Waals surface area contributed by atoms with Gasteiger partial charge in [-0.2, -0.15) is 0 Å². The van der Waals surface area contributed by atoms with Crippen molar-refractivity contribution in [3.63, 3.8) is 0 Å². The van der Waals surface area contributed by atoms with Crippen LogP contribution in [-0.4, -0.2) is 9.55 Å². The van der Waals surface area contributed by atoms with Gasteiger partial charge in [-0.1, -0.05) is 140 Å². The molecule has 8 aromatic rings. The van der Waals surface area contributed by atoms with Gasteiger partial charge in [-0.25, -0.2) is 4.98 Å². The van der Waals surface area contributed by atoms with Crippen LogP contribution in [0.5, 0.6) is 0 Å². The molecule has 0 saturated carbocycles. The zero-order valence-corrected chi connectivity index (χ0v) is 25.2. The van der Waals surface area contributed by atoms with E-state index in [1.807, 2.05) is 54.6 Å². The number of para-hydroxylation sites is 1. The van der Waals surface area contributed by atoms with Gasteiger partial charge in [0.15, 0.2) is 7.14 Å². The van der Waals surface area contributed by atoms with E-state index in [1.54, 1.807) is 0 Å². The first-order chi connectivity index (χ1) is 22.2. The highest BCUT2D eigenvalue weighted by molar-refractivity contribution is 7.86. The Kier molecular flexibility index (Phi) is 5.78. The molecule has 0 bridgehead atoms. The summed E-state index contributed by atoms with van der Waals surface area (Å²) in [6, 6.07) is 56.1. The highest BCUT2D eigenvalue weighted by Crippen LogP contribution is 2.54. The van der Waals surface area contributed by atoms with E-state index in [9.17, 15) is 0 Å². The molecular weight excluding hydrogens is 567 g/mol. The second kappa shape index (κ2) is 10.0. The number of hydrogen-bond donors (Lipinski definition) is 0. The minimum absolute atomic E-state index is 0.828. The van der Waals surface area contributed by atoms with Crippen molar-refractivity contribution in [2.24, 2.45) is 0 Å². The van der Waals surface area contributed by atoms with Crippen LogP contribution >= 0.6 is 7.14 Å². The smallest absolute Gasteiger partial charge is 0.172 e. The first-order valence-corrected chi connectivity index (χ1v) is 16.9. The van der Waals surface area contributed by atoms with Crippen LogP contribution in [0.15, 0.2) is 164 Å². The molecule has 0 saturated heterocycles. The van der Waals surface area contributed by atoms with Crippen LogP contribution in [0.4, 0.5) is 0 Å². The lowest BCUT2D eigenvalue weighted by Gasteiger charge is -2.16. The topological polar surface area (TPSA) is 34.9 Å². The molecule has 2 aromatic heterocycles. The highest BCUT2D eigenvalue weighted by Gasteiger charge is 2.41. The van der Waals surface area contributed by atoms with E-state index < -0.39 is 7.14 Å². The van der Waals surface area contributed by atoms with Gasteiger partial charge in [0.1, 0.15) is 5.82 Å². The van der Waals surface area contributed by atoms with Crippen LogP contribution < -0.4 is 15.9 Å². The number of hydrogen-bond acceptors (Lipinski definition) is 2. The predicted octanol–water partition coefficient (Wildman–Crippen LogP) is 9.13. The number of rotatable bonds is 4. The Morgan fingerprint density at radius 2 is 1.16 bits per heavy atom. The zero-order valence-electron chi connectivity index (χ0n) is 24.3. The van der Waals surface area contributed by atoms with Crippen LogP contribution in [0.25, 0.3) is 61.1 Å². The maximum atomic E-state index is 15.4. The first-order valence-electron chi connectivity index (χ1n) is 15.2. The average molecular weight is 595 g/mol. The van der Waals surface area contributed by atoms with Crippen LogP contribution in [0, 0.1) is 0 Å². The van der Waals surface area contributed by atoms with Gasteiger partial charge in [0, 0.05) is 37.8 Å². The fourth-order valence-electron chi connectivity index (χ4n) is 7.00. The molecule has 45 heavy (non-hydrogen) atoms. The molecule has 9 rings (SSSR count). The summed E-state index contributed by atoms with van der Waals surface area (Å²) in [4.78, 5) is 5.34. The molecule has 1 aliphatic heterocycles. The highest BCUT2D eigenvalue weighted by atomic mass is 31.2. The standard InChI is InChI=1S/C41H27N2OP/c44-45(31-18-8-3-9-19-31)37-23-13-11-21-34(37)40-38(45)25-24-33-32-20-10-12-22-36(32)43(41(33)40)39-27-30(28-14-4-1-5-15-28)26-35(42-39)29-16-6-2-7-17-29/h1-27H. The van der Waals surface area contributed by atoms with Crippen LogP contribution in [0.3, 0.4) is 0 Å². The van der Waals surface area contributed by atoms with Gasteiger partial charge in [0.05, 0.1) is 16.7 Å². The van der Waals surface area contributed by atoms with Crippen LogP contribution in [0.1, 0.15) is 0 Å². The molecule has 0 fully saturated rings. The zero-order chi connectivity index (χ0) is 30.0. The molecule has 0 N–H and O–H groups in total. The first kappa shape index (κ1) is 25.9. The summed E-state index contributed by atoms with van der Waals surface area (Å²) in [5.41, 5.74) is 8.33. The number of aromatic nitrogens is 2. The number of nitrogens with zero attached hydrogens (tertiary/aromatic N) is 2. The molecule has 0 aliphatic carbocycles. The largest absolute Gasteiger partial charge is 0.309 e. The molecule has 0 amide bonds. The average Bonchev–Trinajstić information content (AvgIpc) is 3.60. The molecular formula is C41H27N2OP. The molecule has 3 nitrogen and oxygen atoms in total. The number of pyridine rings is 1. The fraction of sp³-hybridized carbons (Fsp3) is 0. The van der Waals surface area contributed by atoms with Crippen molar-refractivity contribution in [1.82, 2.24) is 9.55 Å². The third-order valence-electron chi connectivity index (χ3n) is 9.00. The third kappa shape index (κ3) is 3.84. The Labute approximate surface area is 261 Å². The summed E-state index contributed by atoms with van der Waals surface area (Å²) in [7, 11) is -3.11. The van der Waals surface area contributed by atoms with Crippen LogP contribution in [0.2, 0.25) is 0 Å². The molecule has 4 heteroatoms. The lowest BCUT2D eigenvalue weighted by Crippen LogP contribution is -2.20. The maximum Gasteiger partial charge on any atom is 0.172 e. The quantitative estimate of drug-likeness (QED) is 0.191. The van der Waals surface area contributed by atoms with Gasteiger partial charge in [-0.15, -0.1) is 0 Å². The summed E-state index contributed by atoms with van der Waals surface area (Å²) in [6.07, 6.45) is 0. The van der Waals surface area contributed by atoms with Gasteiger partial charge >= 0.3 is 0 Å². The lowest BCUT2D eigenvalue weighted by atomic mass is 10.0. The Balaban J connectivity index is 1.43. The Hall–Kier alpha value is -5.50. The van der Waals surface area contributed by atoms with Crippen LogP contribution in [-0.2, 0) is 4.57 Å². The van der Waals surface area contributed by atoms with E-state index in [2.05, 4.69) is 114 Å². The molecule has 3 heterocycles. The van der Waals surface area contributed by atoms with E-state index in [1.165, 1.54) is 0 Å². The van der Waals surface area contributed by atoms with Crippen molar-refractivity contribution in [3.05, 3.63) is 164 Å². The van der Waals surface area contributed by atoms with Crippen molar-refractivity contribution in [2.75, 3.05) is 0 Å². The van der Waals surface area contributed by atoms with Gasteiger partial charge in [-0.05, 0) is 41.0 Å². The lowest BCUT2D eigenvalue weighted by molar-refractivity contribution is 0.593. The summed E-state index contributed by atoms with van der Waals surface area (Å²) >= 11 is 0. The summed E-state index contributed by atoms with van der Waals surface area (Å²) in [5.74, 6) is 0.828. The molecule has 212 valence electrons. The molecule has 1 atom stereocenters. The fourth-order valence-corrected chi connectivity index (χ4v) is 10.1. The van der Waals surface area contributed by atoms with E-state index in [4.69, 9.17) is 4.98 Å². The SMILES string of the molecule is O=P1(c2ccccc2)c2ccccc2-c2c1ccc1c3ccccc3n(-c3cc(-c4ccccc4)cc(-c4ccccc4)n3)c21. The van der Waals surface area contributed by atoms with Crippen molar-refractivity contribution in [3.8, 4) is 39.3 Å². The predicted molar refractivity (Wildman–Crippen MR) is 188 cm³/mol. The summed E-state index contributed by atoms with van der Waals surface area (Å²) < 4.78 is 17.7. The molecule has 0 radical (unpaired) electrons. The van der Waals surface area contributed by atoms with Gasteiger partial charge < -0.3 is 4.57 Å². The minimum atomic E-state index is -3.11. The van der Waals surface area contributed by atoms with E-state index >= 15 is 4.57 Å². The van der Waals surface area contributed by atoms with Gasteiger partial charge in [0.2, 0.25) is 0 Å². The second-order valence-electron chi connectivity index (χ2n) is 11.5. The van der Waals surface area contributed by atoms with E-state index in [0.29, 0.717) is 0 Å². The van der Waals surface area contributed by atoms with E-state index in [-0.39, 0.29) is 0 Å². The van der Waals surface area contributed by atoms with Gasteiger partial charge in [-0.3, -0.25) is 4.57 Å². The Morgan fingerprint density at radius 1 is 0.511 bits per heavy atom. The molecule has 6 aromatic carbocycles. The van der Waals surface area contributed by atoms with Crippen molar-refractivity contribution in [1.29, 1.82) is 0 Å². The Bertz CT molecular complexity index is 2390. The summed E-state index contributed by atoms with van der Waals surface area (Å²) in [6.45, 7) is 0. The normalized spacial score (nSPS) is 15.3. The third-order valence-corrected chi connectivity index (χ3v) is 12.1. The van der Waals surface area contributed by atoms with E-state index in [0.717, 1.165) is 77.0 Å². The monoisotopic (exact) mass is 594 g/mol. The molecule has 0 spiro atoms.